The van der Waals surface area contributed by atoms with E-state index in [4.69, 9.17) is 29.9 Å². The first-order chi connectivity index (χ1) is 30.7. The van der Waals surface area contributed by atoms with Gasteiger partial charge in [-0.05, 0) is 51.6 Å². The summed E-state index contributed by atoms with van der Waals surface area (Å²) in [5.74, 6) is 3.55. The lowest BCUT2D eigenvalue weighted by Gasteiger charge is -2.16. The maximum absolute atomic E-state index is 10.3. The topological polar surface area (TPSA) is 101 Å². The first kappa shape index (κ1) is 37.5. The lowest BCUT2D eigenvalue weighted by atomic mass is 9.89. The van der Waals surface area contributed by atoms with Crippen LogP contribution in [0.2, 0.25) is 0 Å². The molecule has 0 spiro atoms. The van der Waals surface area contributed by atoms with Crippen LogP contribution in [0.25, 0.3) is 102 Å². The quantitative estimate of drug-likeness (QED) is 0.143. The van der Waals surface area contributed by atoms with Crippen LogP contribution in [-0.2, 0) is 0 Å². The molecular formula is C55H35N7. The summed E-state index contributed by atoms with van der Waals surface area (Å²) in [6, 6.07) is 73.0. The largest absolute Gasteiger partial charge is 0.208 e. The molecule has 2 heterocycles. The van der Waals surface area contributed by atoms with Crippen LogP contribution in [0, 0.1) is 11.3 Å². The lowest BCUT2D eigenvalue weighted by Crippen LogP contribution is -2.01. The van der Waals surface area contributed by atoms with Crippen LogP contribution in [-0.4, -0.2) is 29.9 Å². The van der Waals surface area contributed by atoms with E-state index in [9.17, 15) is 5.26 Å². The standard InChI is InChI=1S/C55H35N7/c56-36-37-33-44(38-29-31-43(32-30-38)54-58-50(39-17-5-1-6-18-39)57-51(59-54)40-19-7-2-8-20-40)35-45(34-37)46-25-13-14-26-47(46)48-27-15-16-28-49(48)55-61-52(41-21-9-3-10-22-41)60-53(62-55)42-23-11-4-12-24-42/h1-35H. The third kappa shape index (κ3) is 7.75. The van der Waals surface area contributed by atoms with Gasteiger partial charge in [0.05, 0.1) is 11.6 Å². The van der Waals surface area contributed by atoms with Crippen molar-refractivity contribution in [2.45, 2.75) is 0 Å². The van der Waals surface area contributed by atoms with Crippen molar-refractivity contribution < 1.29 is 0 Å². The monoisotopic (exact) mass is 793 g/mol. The van der Waals surface area contributed by atoms with Crippen LogP contribution in [0.5, 0.6) is 0 Å². The van der Waals surface area contributed by atoms with Gasteiger partial charge in [0.25, 0.3) is 0 Å². The fourth-order valence-electron chi connectivity index (χ4n) is 7.58. The minimum Gasteiger partial charge on any atom is -0.208 e. The summed E-state index contributed by atoms with van der Waals surface area (Å²) in [4.78, 5) is 29.7. The van der Waals surface area contributed by atoms with Crippen LogP contribution in [0.1, 0.15) is 5.56 Å². The molecule has 0 saturated heterocycles. The van der Waals surface area contributed by atoms with E-state index in [1.165, 1.54) is 0 Å². The van der Waals surface area contributed by atoms with Crippen molar-refractivity contribution in [3.63, 3.8) is 0 Å². The summed E-state index contributed by atoms with van der Waals surface area (Å²) in [6.45, 7) is 0. The predicted octanol–water partition coefficient (Wildman–Crippen LogP) is 12.9. The molecule has 0 atom stereocenters. The first-order valence-electron chi connectivity index (χ1n) is 20.3. The minimum atomic E-state index is 0.555. The van der Waals surface area contributed by atoms with Crippen molar-refractivity contribution in [1.29, 1.82) is 5.26 Å². The van der Waals surface area contributed by atoms with Gasteiger partial charge in [-0.3, -0.25) is 0 Å². The molecule has 0 aliphatic heterocycles. The van der Waals surface area contributed by atoms with Crippen molar-refractivity contribution >= 4 is 0 Å². The normalized spacial score (nSPS) is 10.9. The van der Waals surface area contributed by atoms with Crippen LogP contribution in [0.15, 0.2) is 212 Å². The predicted molar refractivity (Wildman–Crippen MR) is 247 cm³/mol. The van der Waals surface area contributed by atoms with E-state index in [2.05, 4.69) is 48.5 Å². The molecule has 0 aliphatic carbocycles. The Morgan fingerprint density at radius 2 is 0.548 bits per heavy atom. The molecule has 0 amide bonds. The van der Waals surface area contributed by atoms with E-state index in [0.29, 0.717) is 40.5 Å². The molecule has 0 N–H and O–H groups in total. The summed E-state index contributed by atoms with van der Waals surface area (Å²) in [7, 11) is 0. The summed E-state index contributed by atoms with van der Waals surface area (Å²) in [6.07, 6.45) is 0. The van der Waals surface area contributed by atoms with E-state index in [0.717, 1.165) is 66.8 Å². The Kier molecular flexibility index (Phi) is 10.2. The second-order valence-corrected chi connectivity index (χ2v) is 14.7. The molecule has 10 rings (SSSR count). The zero-order valence-electron chi connectivity index (χ0n) is 33.3. The third-order valence-electron chi connectivity index (χ3n) is 10.6. The highest BCUT2D eigenvalue weighted by Gasteiger charge is 2.19. The number of aromatic nitrogens is 6. The van der Waals surface area contributed by atoms with Crippen molar-refractivity contribution in [1.82, 2.24) is 29.9 Å². The second kappa shape index (κ2) is 16.9. The number of benzene rings is 8. The number of hydrogen-bond acceptors (Lipinski definition) is 7. The zero-order chi connectivity index (χ0) is 41.7. The fourth-order valence-corrected chi connectivity index (χ4v) is 7.58. The average molecular weight is 794 g/mol. The van der Waals surface area contributed by atoms with Crippen LogP contribution in [0.3, 0.4) is 0 Å². The molecule has 2 aromatic heterocycles. The maximum Gasteiger partial charge on any atom is 0.164 e. The number of rotatable bonds is 9. The average Bonchev–Trinajstić information content (AvgIpc) is 3.37. The van der Waals surface area contributed by atoms with Crippen LogP contribution < -0.4 is 0 Å². The Labute approximate surface area is 359 Å². The van der Waals surface area contributed by atoms with Gasteiger partial charge in [-0.1, -0.05) is 194 Å². The molecule has 10 aromatic rings. The van der Waals surface area contributed by atoms with Gasteiger partial charge in [0.1, 0.15) is 0 Å². The molecule has 0 bridgehead atoms. The Balaban J connectivity index is 1.04. The molecule has 0 saturated carbocycles. The Morgan fingerprint density at radius 1 is 0.242 bits per heavy atom. The zero-order valence-corrected chi connectivity index (χ0v) is 33.3. The number of nitriles is 1. The van der Waals surface area contributed by atoms with Gasteiger partial charge in [0.2, 0.25) is 0 Å². The molecule has 0 radical (unpaired) electrons. The molecule has 8 aromatic carbocycles. The fraction of sp³-hybridized carbons (Fsp3) is 0. The van der Waals surface area contributed by atoms with Gasteiger partial charge < -0.3 is 0 Å². The SMILES string of the molecule is N#Cc1cc(-c2ccc(-c3nc(-c4ccccc4)nc(-c4ccccc4)n3)cc2)cc(-c2ccccc2-c2ccccc2-c2nc(-c3ccccc3)nc(-c3ccccc3)n2)c1. The van der Waals surface area contributed by atoms with E-state index >= 15 is 0 Å². The van der Waals surface area contributed by atoms with Crippen molar-refractivity contribution in [3.05, 3.63) is 218 Å². The molecule has 0 unspecified atom stereocenters. The second-order valence-electron chi connectivity index (χ2n) is 14.7. The van der Waals surface area contributed by atoms with Gasteiger partial charge in [-0.15, -0.1) is 0 Å². The summed E-state index contributed by atoms with van der Waals surface area (Å²) >= 11 is 0. The van der Waals surface area contributed by atoms with Gasteiger partial charge >= 0.3 is 0 Å². The molecule has 7 nitrogen and oxygen atoms in total. The summed E-state index contributed by atoms with van der Waals surface area (Å²) < 4.78 is 0. The smallest absolute Gasteiger partial charge is 0.164 e. The third-order valence-corrected chi connectivity index (χ3v) is 10.6. The summed E-state index contributed by atoms with van der Waals surface area (Å²) in [5.41, 5.74) is 11.6. The van der Waals surface area contributed by atoms with Gasteiger partial charge in [-0.25, -0.2) is 29.9 Å². The van der Waals surface area contributed by atoms with Gasteiger partial charge in [0, 0.05) is 33.4 Å². The molecule has 7 heteroatoms. The highest BCUT2D eigenvalue weighted by molar-refractivity contribution is 5.92. The van der Waals surface area contributed by atoms with Crippen molar-refractivity contribution in [2.24, 2.45) is 0 Å². The van der Waals surface area contributed by atoms with E-state index < -0.39 is 0 Å². The Hall–Kier alpha value is -8.73. The number of hydrogen-bond donors (Lipinski definition) is 0. The number of nitrogens with zero attached hydrogens (tertiary/aromatic N) is 7. The van der Waals surface area contributed by atoms with E-state index in [-0.39, 0.29) is 0 Å². The molecule has 0 aliphatic rings. The highest BCUT2D eigenvalue weighted by Crippen LogP contribution is 2.40. The lowest BCUT2D eigenvalue weighted by molar-refractivity contribution is 1.07. The Morgan fingerprint density at radius 3 is 0.968 bits per heavy atom. The minimum absolute atomic E-state index is 0.555. The highest BCUT2D eigenvalue weighted by atomic mass is 15.0. The molecule has 0 fully saturated rings. The van der Waals surface area contributed by atoms with Gasteiger partial charge in [-0.2, -0.15) is 5.26 Å². The van der Waals surface area contributed by atoms with Crippen LogP contribution >= 0.6 is 0 Å². The molecule has 290 valence electrons. The van der Waals surface area contributed by atoms with Crippen LogP contribution in [0.4, 0.5) is 0 Å². The molecule has 62 heavy (non-hydrogen) atoms. The first-order valence-corrected chi connectivity index (χ1v) is 20.3. The molecular weight excluding hydrogens is 759 g/mol. The van der Waals surface area contributed by atoms with Crippen molar-refractivity contribution in [3.8, 4) is 108 Å². The Bertz CT molecular complexity index is 3110. The maximum atomic E-state index is 10.3. The van der Waals surface area contributed by atoms with E-state index in [1.807, 2.05) is 170 Å². The van der Waals surface area contributed by atoms with Gasteiger partial charge in [0.15, 0.2) is 34.9 Å². The van der Waals surface area contributed by atoms with Crippen molar-refractivity contribution in [2.75, 3.05) is 0 Å². The summed E-state index contributed by atoms with van der Waals surface area (Å²) in [5, 5.41) is 10.3. The van der Waals surface area contributed by atoms with E-state index in [1.54, 1.807) is 0 Å².